The molecule has 1 saturated heterocycles. The zero-order valence-electron chi connectivity index (χ0n) is 13.8. The monoisotopic (exact) mass is 338 g/mol. The largest absolute Gasteiger partial charge is 0.356 e. The molecule has 128 valence electrons. The molecule has 0 spiro atoms. The Morgan fingerprint density at radius 1 is 1.22 bits per heavy atom. The lowest BCUT2D eigenvalue weighted by atomic mass is 10.0. The molecular weight excluding hydrogens is 312 g/mol. The number of rotatable bonds is 8. The molecule has 0 aromatic heterocycles. The second-order valence-corrected chi connectivity index (χ2v) is 5.97. The standard InChI is InChI=1S/C18H26N2O2.ClH/c1-2-14-3-5-16(6-4-14)17(21)7-8-18(22)20-12-10-15-9-11-19-13-15;/h3-6,15,19H,2,7-13H2,1H3,(H,20,22);1H. The van der Waals surface area contributed by atoms with E-state index in [0.717, 1.165) is 25.9 Å². The minimum atomic E-state index is -0.0236. The van der Waals surface area contributed by atoms with Crippen LogP contribution in [0.4, 0.5) is 0 Å². The fraction of sp³-hybridized carbons (Fsp3) is 0.556. The number of halogens is 1. The van der Waals surface area contributed by atoms with Gasteiger partial charge >= 0.3 is 0 Å². The van der Waals surface area contributed by atoms with Gasteiger partial charge in [-0.1, -0.05) is 31.2 Å². The van der Waals surface area contributed by atoms with E-state index in [1.54, 1.807) is 0 Å². The highest BCUT2D eigenvalue weighted by atomic mass is 35.5. The first-order valence-corrected chi connectivity index (χ1v) is 8.28. The first-order chi connectivity index (χ1) is 10.7. The van der Waals surface area contributed by atoms with E-state index in [-0.39, 0.29) is 36.9 Å². The van der Waals surface area contributed by atoms with E-state index in [1.807, 2.05) is 24.3 Å². The minimum absolute atomic E-state index is 0. The molecule has 0 radical (unpaired) electrons. The number of carbonyl (C=O) groups excluding carboxylic acids is 2. The van der Waals surface area contributed by atoms with Crippen molar-refractivity contribution in [1.29, 1.82) is 0 Å². The predicted molar refractivity (Wildman–Crippen MR) is 95.2 cm³/mol. The van der Waals surface area contributed by atoms with Crippen LogP contribution in [-0.2, 0) is 11.2 Å². The Hall–Kier alpha value is -1.39. The molecule has 1 aliphatic rings. The van der Waals surface area contributed by atoms with Gasteiger partial charge in [0.25, 0.3) is 0 Å². The number of hydrogen-bond acceptors (Lipinski definition) is 3. The third-order valence-electron chi connectivity index (χ3n) is 4.30. The number of amides is 1. The van der Waals surface area contributed by atoms with E-state index in [0.29, 0.717) is 18.0 Å². The van der Waals surface area contributed by atoms with Gasteiger partial charge < -0.3 is 10.6 Å². The Morgan fingerprint density at radius 3 is 2.57 bits per heavy atom. The van der Waals surface area contributed by atoms with Crippen LogP contribution < -0.4 is 10.6 Å². The highest BCUT2D eigenvalue weighted by Crippen LogP contribution is 2.11. The summed E-state index contributed by atoms with van der Waals surface area (Å²) in [6.07, 6.45) is 3.74. The van der Waals surface area contributed by atoms with Crippen molar-refractivity contribution in [3.05, 3.63) is 35.4 Å². The zero-order valence-corrected chi connectivity index (χ0v) is 14.6. The Kier molecular flexibility index (Phi) is 8.89. The Balaban J connectivity index is 0.00000264. The molecule has 1 amide bonds. The molecule has 5 heteroatoms. The van der Waals surface area contributed by atoms with Gasteiger partial charge in [-0.3, -0.25) is 9.59 Å². The third kappa shape index (κ3) is 6.71. The van der Waals surface area contributed by atoms with Crippen molar-refractivity contribution in [2.45, 2.75) is 39.0 Å². The Bertz CT molecular complexity index is 496. The topological polar surface area (TPSA) is 58.2 Å². The van der Waals surface area contributed by atoms with E-state index in [4.69, 9.17) is 0 Å². The highest BCUT2D eigenvalue weighted by Gasteiger charge is 2.14. The van der Waals surface area contributed by atoms with Crippen LogP contribution in [0.15, 0.2) is 24.3 Å². The number of benzene rings is 1. The van der Waals surface area contributed by atoms with Gasteiger partial charge in [-0.05, 0) is 43.8 Å². The van der Waals surface area contributed by atoms with Gasteiger partial charge in [-0.15, -0.1) is 12.4 Å². The zero-order chi connectivity index (χ0) is 15.8. The SMILES string of the molecule is CCc1ccc(C(=O)CCC(=O)NCCC2CCNC2)cc1.Cl. The fourth-order valence-electron chi connectivity index (χ4n) is 2.76. The molecule has 1 atom stereocenters. The lowest BCUT2D eigenvalue weighted by molar-refractivity contribution is -0.121. The number of aryl methyl sites for hydroxylation is 1. The number of carbonyl (C=O) groups is 2. The lowest BCUT2D eigenvalue weighted by Crippen LogP contribution is -2.26. The van der Waals surface area contributed by atoms with E-state index in [9.17, 15) is 9.59 Å². The summed E-state index contributed by atoms with van der Waals surface area (Å²) in [6, 6.07) is 7.66. The molecule has 2 rings (SSSR count). The van der Waals surface area contributed by atoms with Gasteiger partial charge in [0, 0.05) is 24.9 Å². The van der Waals surface area contributed by atoms with Crippen molar-refractivity contribution in [2.75, 3.05) is 19.6 Å². The summed E-state index contributed by atoms with van der Waals surface area (Å²) >= 11 is 0. The van der Waals surface area contributed by atoms with E-state index >= 15 is 0 Å². The molecular formula is C18H27ClN2O2. The summed E-state index contributed by atoms with van der Waals surface area (Å²) in [5.41, 5.74) is 1.91. The van der Waals surface area contributed by atoms with Crippen molar-refractivity contribution in [3.63, 3.8) is 0 Å². The van der Waals surface area contributed by atoms with Crippen LogP contribution in [0.2, 0.25) is 0 Å². The van der Waals surface area contributed by atoms with Gasteiger partial charge in [0.05, 0.1) is 0 Å². The van der Waals surface area contributed by atoms with Gasteiger partial charge in [-0.2, -0.15) is 0 Å². The molecule has 1 aromatic carbocycles. The maximum absolute atomic E-state index is 12.0. The number of Topliss-reactive ketones (excluding diaryl/α,β-unsaturated/α-hetero) is 1. The molecule has 4 nitrogen and oxygen atoms in total. The molecule has 0 aliphatic carbocycles. The molecule has 1 aromatic rings. The first kappa shape index (κ1) is 19.7. The van der Waals surface area contributed by atoms with Gasteiger partial charge in [0.2, 0.25) is 5.91 Å². The van der Waals surface area contributed by atoms with Crippen molar-refractivity contribution < 1.29 is 9.59 Å². The van der Waals surface area contributed by atoms with E-state index in [2.05, 4.69) is 17.6 Å². The molecule has 1 heterocycles. The average Bonchev–Trinajstić information content (AvgIpc) is 3.06. The molecule has 0 bridgehead atoms. The molecule has 1 fully saturated rings. The van der Waals surface area contributed by atoms with E-state index in [1.165, 1.54) is 12.0 Å². The number of hydrogen-bond donors (Lipinski definition) is 2. The van der Waals surface area contributed by atoms with Crippen molar-refractivity contribution in [3.8, 4) is 0 Å². The minimum Gasteiger partial charge on any atom is -0.356 e. The highest BCUT2D eigenvalue weighted by molar-refractivity contribution is 5.97. The van der Waals surface area contributed by atoms with Gasteiger partial charge in [0.15, 0.2) is 5.78 Å². The molecule has 23 heavy (non-hydrogen) atoms. The Labute approximate surface area is 144 Å². The van der Waals surface area contributed by atoms with Crippen LogP contribution in [0.25, 0.3) is 0 Å². The number of ketones is 1. The van der Waals surface area contributed by atoms with Crippen molar-refractivity contribution >= 4 is 24.1 Å². The van der Waals surface area contributed by atoms with Crippen LogP contribution in [0.3, 0.4) is 0 Å². The second-order valence-electron chi connectivity index (χ2n) is 5.97. The normalized spacial score (nSPS) is 16.7. The molecule has 2 N–H and O–H groups in total. The van der Waals surface area contributed by atoms with Crippen LogP contribution >= 0.6 is 12.4 Å². The van der Waals surface area contributed by atoms with Crippen LogP contribution in [-0.4, -0.2) is 31.3 Å². The van der Waals surface area contributed by atoms with Gasteiger partial charge in [0.1, 0.15) is 0 Å². The third-order valence-corrected chi connectivity index (χ3v) is 4.30. The molecule has 1 aliphatic heterocycles. The summed E-state index contributed by atoms with van der Waals surface area (Å²) < 4.78 is 0. The summed E-state index contributed by atoms with van der Waals surface area (Å²) in [7, 11) is 0. The molecule has 1 unspecified atom stereocenters. The maximum Gasteiger partial charge on any atom is 0.220 e. The summed E-state index contributed by atoms with van der Waals surface area (Å²) in [6.45, 7) is 4.94. The lowest BCUT2D eigenvalue weighted by Gasteiger charge is -2.09. The van der Waals surface area contributed by atoms with Crippen molar-refractivity contribution in [2.24, 2.45) is 5.92 Å². The maximum atomic E-state index is 12.0. The average molecular weight is 339 g/mol. The summed E-state index contributed by atoms with van der Waals surface area (Å²) in [5.74, 6) is 0.696. The van der Waals surface area contributed by atoms with Crippen LogP contribution in [0.1, 0.15) is 48.5 Å². The summed E-state index contributed by atoms with van der Waals surface area (Å²) in [4.78, 5) is 23.8. The molecule has 0 saturated carbocycles. The first-order valence-electron chi connectivity index (χ1n) is 8.28. The van der Waals surface area contributed by atoms with Gasteiger partial charge in [-0.25, -0.2) is 0 Å². The van der Waals surface area contributed by atoms with Crippen LogP contribution in [0, 0.1) is 5.92 Å². The smallest absolute Gasteiger partial charge is 0.220 e. The summed E-state index contributed by atoms with van der Waals surface area (Å²) in [5, 5.41) is 6.24. The van der Waals surface area contributed by atoms with Crippen molar-refractivity contribution in [1.82, 2.24) is 10.6 Å². The Morgan fingerprint density at radius 2 is 1.96 bits per heavy atom. The number of nitrogens with one attached hydrogen (secondary N) is 2. The second kappa shape index (κ2) is 10.4. The predicted octanol–water partition coefficient (Wildman–Crippen LogP) is 2.75. The quantitative estimate of drug-likeness (QED) is 0.716. The van der Waals surface area contributed by atoms with Crippen LogP contribution in [0.5, 0.6) is 0 Å². The fourth-order valence-corrected chi connectivity index (χ4v) is 2.76. The van der Waals surface area contributed by atoms with E-state index < -0.39 is 0 Å².